The fraction of sp³-hybridized carbons (Fsp3) is 0.500. The highest BCUT2D eigenvalue weighted by Crippen LogP contribution is 2.22. The van der Waals surface area contributed by atoms with Crippen LogP contribution in [0.4, 0.5) is 0 Å². The molecule has 1 unspecified atom stereocenters. The van der Waals surface area contributed by atoms with E-state index in [2.05, 4.69) is 57.1 Å². The van der Waals surface area contributed by atoms with Gasteiger partial charge in [-0.1, -0.05) is 12.1 Å². The van der Waals surface area contributed by atoms with Crippen molar-refractivity contribution < 1.29 is 4.74 Å². The first-order chi connectivity index (χ1) is 14.6. The molecule has 0 amide bonds. The van der Waals surface area contributed by atoms with Crippen LogP contribution in [0.5, 0.6) is 0 Å². The van der Waals surface area contributed by atoms with Crippen LogP contribution in [0.25, 0.3) is 10.9 Å². The monoisotopic (exact) mass is 409 g/mol. The van der Waals surface area contributed by atoms with Gasteiger partial charge in [-0.3, -0.25) is 0 Å². The zero-order valence-corrected chi connectivity index (χ0v) is 18.0. The fourth-order valence-electron chi connectivity index (χ4n) is 3.89. The van der Waals surface area contributed by atoms with Gasteiger partial charge < -0.3 is 24.9 Å². The number of aromatic amines is 1. The zero-order valence-electron chi connectivity index (χ0n) is 18.0. The molecule has 0 radical (unpaired) electrons. The predicted octanol–water partition coefficient (Wildman–Crippen LogP) is 2.37. The van der Waals surface area contributed by atoms with Crippen LogP contribution < -0.4 is 10.6 Å². The first kappa shape index (κ1) is 20.4. The highest BCUT2D eigenvalue weighted by atomic mass is 16.5. The van der Waals surface area contributed by atoms with Gasteiger partial charge in [0.1, 0.15) is 12.4 Å². The Labute approximate surface area is 177 Å². The van der Waals surface area contributed by atoms with Gasteiger partial charge in [0, 0.05) is 43.8 Å². The molecule has 3 heterocycles. The molecule has 3 aromatic rings. The maximum absolute atomic E-state index is 5.74. The van der Waals surface area contributed by atoms with Gasteiger partial charge in [0.25, 0.3) is 0 Å². The molecule has 1 atom stereocenters. The average Bonchev–Trinajstić information content (AvgIpc) is 3.47. The first-order valence-electron chi connectivity index (χ1n) is 10.7. The maximum Gasteiger partial charge on any atom is 0.191 e. The number of ether oxygens (including phenoxy) is 1. The maximum atomic E-state index is 5.74. The first-order valence-corrected chi connectivity index (χ1v) is 10.7. The van der Waals surface area contributed by atoms with E-state index in [0.29, 0.717) is 6.54 Å². The lowest BCUT2D eigenvalue weighted by Crippen LogP contribution is -2.42. The second-order valence-electron chi connectivity index (χ2n) is 7.89. The number of guanidine groups is 1. The van der Waals surface area contributed by atoms with Crippen molar-refractivity contribution in [3.05, 3.63) is 47.2 Å². The minimum Gasteiger partial charge on any atom is -0.376 e. The Morgan fingerprint density at radius 3 is 2.97 bits per heavy atom. The summed E-state index contributed by atoms with van der Waals surface area (Å²) in [5.41, 5.74) is 3.80. The molecule has 0 aliphatic carbocycles. The molecule has 1 fully saturated rings. The minimum atomic E-state index is 0.255. The van der Waals surface area contributed by atoms with E-state index < -0.39 is 0 Å². The van der Waals surface area contributed by atoms with Crippen molar-refractivity contribution >= 4 is 16.9 Å². The van der Waals surface area contributed by atoms with E-state index in [1.54, 1.807) is 0 Å². The number of aromatic nitrogens is 4. The van der Waals surface area contributed by atoms with E-state index in [4.69, 9.17) is 9.73 Å². The number of benzene rings is 1. The largest absolute Gasteiger partial charge is 0.376 e. The molecule has 4 rings (SSSR count). The van der Waals surface area contributed by atoms with Crippen molar-refractivity contribution in [1.29, 1.82) is 0 Å². The lowest BCUT2D eigenvalue weighted by molar-refractivity contribution is 0.114. The summed E-state index contributed by atoms with van der Waals surface area (Å²) in [7, 11) is 1.96. The summed E-state index contributed by atoms with van der Waals surface area (Å²) in [6.45, 7) is 6.98. The highest BCUT2D eigenvalue weighted by molar-refractivity contribution is 5.86. The molecule has 3 N–H and O–H groups in total. The van der Waals surface area contributed by atoms with Crippen LogP contribution in [0, 0.1) is 13.8 Å². The van der Waals surface area contributed by atoms with Crippen molar-refractivity contribution in [3.63, 3.8) is 0 Å². The summed E-state index contributed by atoms with van der Waals surface area (Å²) in [6, 6.07) is 6.37. The molecular weight excluding hydrogens is 378 g/mol. The average molecular weight is 410 g/mol. The molecule has 1 aliphatic heterocycles. The Balaban J connectivity index is 1.40. The Morgan fingerprint density at radius 2 is 2.20 bits per heavy atom. The van der Waals surface area contributed by atoms with Crippen LogP contribution in [0.3, 0.4) is 0 Å². The summed E-state index contributed by atoms with van der Waals surface area (Å²) >= 11 is 0. The third-order valence-corrected chi connectivity index (χ3v) is 5.77. The van der Waals surface area contributed by atoms with Crippen molar-refractivity contribution in [2.75, 3.05) is 19.7 Å². The molecule has 160 valence electrons. The summed E-state index contributed by atoms with van der Waals surface area (Å²) in [5.74, 6) is 2.51. The van der Waals surface area contributed by atoms with Crippen LogP contribution in [0.15, 0.2) is 29.4 Å². The van der Waals surface area contributed by atoms with Gasteiger partial charge in [-0.25, -0.2) is 4.99 Å². The molecule has 1 saturated heterocycles. The SMILES string of the molecule is Cc1cccc2[nH]cc(CCNC(=NCc3nnc(C)n3C)NCC3CCCO3)c12. The van der Waals surface area contributed by atoms with Crippen LogP contribution in [-0.2, 0) is 24.8 Å². The second-order valence-corrected chi connectivity index (χ2v) is 7.89. The topological polar surface area (TPSA) is 92.2 Å². The van der Waals surface area contributed by atoms with Gasteiger partial charge >= 0.3 is 0 Å². The standard InChI is InChI=1S/C22H31N7O/c1-15-6-4-8-19-21(15)17(12-24-19)9-10-23-22(25-13-18-7-5-11-30-18)26-14-20-28-27-16(2)29(20)3/h4,6,8,12,18,24H,5,7,9-11,13-14H2,1-3H3,(H2,23,25,26). The lowest BCUT2D eigenvalue weighted by Gasteiger charge is -2.15. The highest BCUT2D eigenvalue weighted by Gasteiger charge is 2.16. The number of nitrogens with one attached hydrogen (secondary N) is 3. The van der Waals surface area contributed by atoms with Crippen molar-refractivity contribution in [1.82, 2.24) is 30.4 Å². The van der Waals surface area contributed by atoms with Crippen molar-refractivity contribution in [2.45, 2.75) is 45.8 Å². The van der Waals surface area contributed by atoms with E-state index in [-0.39, 0.29) is 6.10 Å². The molecule has 8 nitrogen and oxygen atoms in total. The van der Waals surface area contributed by atoms with E-state index in [0.717, 1.165) is 56.6 Å². The van der Waals surface area contributed by atoms with Gasteiger partial charge in [-0.15, -0.1) is 10.2 Å². The van der Waals surface area contributed by atoms with E-state index in [1.165, 1.54) is 22.0 Å². The number of aliphatic imine (C=N–C) groups is 1. The number of hydrogen-bond acceptors (Lipinski definition) is 4. The van der Waals surface area contributed by atoms with Gasteiger partial charge in [0.15, 0.2) is 11.8 Å². The quantitative estimate of drug-likeness (QED) is 0.412. The summed E-state index contributed by atoms with van der Waals surface area (Å²) < 4.78 is 7.71. The molecule has 1 aromatic carbocycles. The van der Waals surface area contributed by atoms with Crippen LogP contribution in [0.1, 0.15) is 35.6 Å². The van der Waals surface area contributed by atoms with Gasteiger partial charge in [0.05, 0.1) is 6.10 Å². The molecule has 2 aromatic heterocycles. The molecule has 0 spiro atoms. The molecule has 1 aliphatic rings. The number of fused-ring (bicyclic) bond motifs is 1. The Hall–Kier alpha value is -2.87. The van der Waals surface area contributed by atoms with Crippen LogP contribution >= 0.6 is 0 Å². The third-order valence-electron chi connectivity index (χ3n) is 5.77. The molecule has 0 saturated carbocycles. The Bertz CT molecular complexity index is 1010. The Morgan fingerprint density at radius 1 is 1.30 bits per heavy atom. The van der Waals surface area contributed by atoms with Crippen LogP contribution in [0.2, 0.25) is 0 Å². The smallest absolute Gasteiger partial charge is 0.191 e. The summed E-state index contributed by atoms with van der Waals surface area (Å²) in [6.07, 6.45) is 5.50. The number of H-pyrrole nitrogens is 1. The third kappa shape index (κ3) is 4.64. The summed E-state index contributed by atoms with van der Waals surface area (Å²) in [4.78, 5) is 8.11. The molecule has 30 heavy (non-hydrogen) atoms. The van der Waals surface area contributed by atoms with Crippen molar-refractivity contribution in [2.24, 2.45) is 12.0 Å². The molecule has 8 heteroatoms. The normalized spacial score (nSPS) is 17.0. The number of aryl methyl sites for hydroxylation is 2. The second kappa shape index (κ2) is 9.30. The van der Waals surface area contributed by atoms with Gasteiger partial charge in [-0.2, -0.15) is 0 Å². The van der Waals surface area contributed by atoms with E-state index in [1.807, 2.05) is 18.5 Å². The zero-order chi connectivity index (χ0) is 20.9. The molecule has 0 bridgehead atoms. The Kier molecular flexibility index (Phi) is 6.32. The lowest BCUT2D eigenvalue weighted by atomic mass is 10.1. The number of hydrogen-bond donors (Lipinski definition) is 3. The van der Waals surface area contributed by atoms with Crippen molar-refractivity contribution in [3.8, 4) is 0 Å². The number of nitrogens with zero attached hydrogens (tertiary/aromatic N) is 4. The van der Waals surface area contributed by atoms with E-state index >= 15 is 0 Å². The minimum absolute atomic E-state index is 0.255. The fourth-order valence-corrected chi connectivity index (χ4v) is 3.89. The van der Waals surface area contributed by atoms with Crippen LogP contribution in [-0.4, -0.2) is 51.5 Å². The van der Waals surface area contributed by atoms with Gasteiger partial charge in [-0.05, 0) is 50.3 Å². The number of rotatable bonds is 7. The molecular formula is C22H31N7O. The van der Waals surface area contributed by atoms with E-state index in [9.17, 15) is 0 Å². The predicted molar refractivity (Wildman–Crippen MR) is 119 cm³/mol. The summed E-state index contributed by atoms with van der Waals surface area (Å²) in [5, 5.41) is 16.6. The van der Waals surface area contributed by atoms with Gasteiger partial charge in [0.2, 0.25) is 0 Å².